The molecule has 0 saturated heterocycles. The molecule has 4 aliphatic rings. The second-order valence-corrected chi connectivity index (χ2v) is 16.9. The van der Waals surface area contributed by atoms with Crippen molar-refractivity contribution in [3.63, 3.8) is 0 Å². The van der Waals surface area contributed by atoms with Crippen LogP contribution in [0.25, 0.3) is 0 Å². The number of allylic oxidation sites excluding steroid dienone is 1. The standard InChI is InChI=1S/C36H64N2O2.HI/c1-12-14-31-32(37(7)8)35(6)26(23-36(31,33(39)40)38(9,10)11)17-18-27-29-20-19-28(25(4)16-13-15-24(2)3)34(29,5)22-21-30(27)35;/h17,24-25,27-32H,12-16,18-23H2,1-11H3;1H/p+1/t25-,27+,28-,29+,30+,31?,32?,34-,35+,36?;/m1./s1. The van der Waals surface area contributed by atoms with Crippen LogP contribution in [0.4, 0.5) is 0 Å². The number of quaternary nitrogens is 1. The molecule has 5 heteroatoms. The second kappa shape index (κ2) is 12.7. The highest BCUT2D eigenvalue weighted by Gasteiger charge is 2.70. The molecule has 0 aromatic rings. The highest BCUT2D eigenvalue weighted by molar-refractivity contribution is 14.0. The quantitative estimate of drug-likeness (QED) is 0.142. The average molecular weight is 686 g/mol. The molecule has 3 unspecified atom stereocenters. The van der Waals surface area contributed by atoms with E-state index in [4.69, 9.17) is 0 Å². The van der Waals surface area contributed by atoms with Crippen molar-refractivity contribution in [3.05, 3.63) is 11.6 Å². The molecule has 0 radical (unpaired) electrons. The Morgan fingerprint density at radius 2 is 1.73 bits per heavy atom. The zero-order valence-corrected chi connectivity index (χ0v) is 31.0. The third kappa shape index (κ3) is 5.62. The van der Waals surface area contributed by atoms with Gasteiger partial charge in [0.2, 0.25) is 5.54 Å². The Bertz CT molecular complexity index is 956. The van der Waals surface area contributed by atoms with Gasteiger partial charge in [-0.1, -0.05) is 78.9 Å². The van der Waals surface area contributed by atoms with E-state index >= 15 is 0 Å². The summed E-state index contributed by atoms with van der Waals surface area (Å²) < 4.78 is 0.482. The number of hydrogen-bond donors (Lipinski definition) is 1. The molecule has 0 bridgehead atoms. The first-order chi connectivity index (χ1) is 18.6. The molecule has 0 aromatic heterocycles. The SMILES string of the molecule is CCCC1C(N(C)C)[C@@]2(C)C(=CC[C@H]3[C@@H]4CC[C@H]([C@H](C)CCCC(C)C)[C@@]4(C)CC[C@@H]32)CC1(C(=O)O)[N+](C)(C)C.I. The van der Waals surface area contributed by atoms with Crippen LogP contribution in [0, 0.1) is 52.3 Å². The van der Waals surface area contributed by atoms with Gasteiger partial charge >= 0.3 is 5.97 Å². The molecule has 4 nitrogen and oxygen atoms in total. The minimum absolute atomic E-state index is 0. The highest BCUT2D eigenvalue weighted by atomic mass is 127. The van der Waals surface area contributed by atoms with Gasteiger partial charge in [-0.3, -0.25) is 0 Å². The molecule has 0 heterocycles. The topological polar surface area (TPSA) is 40.5 Å². The number of rotatable bonds is 10. The van der Waals surface area contributed by atoms with Crippen molar-refractivity contribution in [2.75, 3.05) is 35.2 Å². The highest BCUT2D eigenvalue weighted by Crippen LogP contribution is 2.69. The van der Waals surface area contributed by atoms with E-state index in [1.54, 1.807) is 0 Å². The van der Waals surface area contributed by atoms with Crippen molar-refractivity contribution in [3.8, 4) is 0 Å². The summed E-state index contributed by atoms with van der Waals surface area (Å²) in [5, 5.41) is 11.0. The summed E-state index contributed by atoms with van der Waals surface area (Å²) in [6.07, 6.45) is 16.1. The summed E-state index contributed by atoms with van der Waals surface area (Å²) in [5.74, 6) is 4.24. The predicted octanol–water partition coefficient (Wildman–Crippen LogP) is 8.74. The van der Waals surface area contributed by atoms with Crippen LogP contribution < -0.4 is 0 Å². The van der Waals surface area contributed by atoms with Crippen molar-refractivity contribution in [2.45, 2.75) is 124 Å². The fraction of sp³-hybridized carbons (Fsp3) is 0.917. The van der Waals surface area contributed by atoms with Crippen molar-refractivity contribution in [2.24, 2.45) is 52.3 Å². The Kier molecular flexibility index (Phi) is 10.9. The van der Waals surface area contributed by atoms with E-state index in [-0.39, 0.29) is 41.4 Å². The summed E-state index contributed by atoms with van der Waals surface area (Å²) in [4.78, 5) is 15.8. The number of carboxylic acids is 1. The maximum absolute atomic E-state index is 13.4. The monoisotopic (exact) mass is 685 g/mol. The van der Waals surface area contributed by atoms with Crippen LogP contribution in [0.2, 0.25) is 0 Å². The van der Waals surface area contributed by atoms with Gasteiger partial charge in [0, 0.05) is 23.8 Å². The summed E-state index contributed by atoms with van der Waals surface area (Å²) in [5.41, 5.74) is 1.19. The predicted molar refractivity (Wildman–Crippen MR) is 183 cm³/mol. The van der Waals surface area contributed by atoms with Crippen molar-refractivity contribution in [1.29, 1.82) is 0 Å². The molecule has 3 saturated carbocycles. The number of likely N-dealkylation sites (N-methyl/N-ethyl adjacent to an activating group) is 1. The van der Waals surface area contributed by atoms with Gasteiger partial charge in [0.25, 0.3) is 0 Å². The van der Waals surface area contributed by atoms with Crippen LogP contribution in [-0.4, -0.2) is 67.3 Å². The zero-order valence-electron chi connectivity index (χ0n) is 28.6. The molecular weight excluding hydrogens is 619 g/mol. The zero-order chi connectivity index (χ0) is 29.8. The van der Waals surface area contributed by atoms with E-state index in [1.165, 1.54) is 50.5 Å². The lowest BCUT2D eigenvalue weighted by Crippen LogP contribution is -2.75. The number of fused-ring (bicyclic) bond motifs is 5. The molecule has 0 amide bonds. The number of hydrogen-bond acceptors (Lipinski definition) is 2. The molecule has 3 fully saturated rings. The Morgan fingerprint density at radius 1 is 1.07 bits per heavy atom. The largest absolute Gasteiger partial charge is 0.477 e. The molecular formula is C36H66IN2O2+. The van der Waals surface area contributed by atoms with Crippen LogP contribution in [-0.2, 0) is 4.79 Å². The Hall–Kier alpha value is -0.140. The van der Waals surface area contributed by atoms with E-state index in [0.717, 1.165) is 48.9 Å². The van der Waals surface area contributed by atoms with E-state index < -0.39 is 11.5 Å². The van der Waals surface area contributed by atoms with Crippen LogP contribution >= 0.6 is 24.0 Å². The van der Waals surface area contributed by atoms with E-state index in [1.807, 2.05) is 0 Å². The van der Waals surface area contributed by atoms with Crippen molar-refractivity contribution in [1.82, 2.24) is 4.90 Å². The minimum atomic E-state index is -0.795. The van der Waals surface area contributed by atoms with E-state index in [9.17, 15) is 9.90 Å². The molecule has 41 heavy (non-hydrogen) atoms. The fourth-order valence-electron chi connectivity index (χ4n) is 11.8. The Morgan fingerprint density at radius 3 is 2.27 bits per heavy atom. The fourth-order valence-corrected chi connectivity index (χ4v) is 11.8. The Balaban J connectivity index is 0.00000462. The molecule has 0 aromatic carbocycles. The molecule has 0 spiro atoms. The number of nitrogens with zero attached hydrogens (tertiary/aromatic N) is 2. The smallest absolute Gasteiger partial charge is 0.366 e. The molecule has 4 aliphatic carbocycles. The van der Waals surface area contributed by atoms with E-state index in [2.05, 4.69) is 87.8 Å². The lowest BCUT2D eigenvalue weighted by molar-refractivity contribution is -0.920. The number of carbonyl (C=O) groups is 1. The summed E-state index contributed by atoms with van der Waals surface area (Å²) >= 11 is 0. The van der Waals surface area contributed by atoms with Crippen LogP contribution in [0.5, 0.6) is 0 Å². The van der Waals surface area contributed by atoms with E-state index in [0.29, 0.717) is 22.2 Å². The molecule has 0 aliphatic heterocycles. The van der Waals surface area contributed by atoms with Gasteiger partial charge in [-0.2, -0.15) is 0 Å². The van der Waals surface area contributed by atoms with Gasteiger partial charge in [-0.25, -0.2) is 4.79 Å². The maximum atomic E-state index is 13.4. The van der Waals surface area contributed by atoms with Crippen LogP contribution in [0.3, 0.4) is 0 Å². The van der Waals surface area contributed by atoms with Gasteiger partial charge in [0.15, 0.2) is 0 Å². The lowest BCUT2D eigenvalue weighted by Gasteiger charge is -2.66. The molecule has 1 N–H and O–H groups in total. The van der Waals surface area contributed by atoms with Gasteiger partial charge < -0.3 is 14.5 Å². The van der Waals surface area contributed by atoms with Crippen LogP contribution in [0.1, 0.15) is 112 Å². The third-order valence-corrected chi connectivity index (χ3v) is 13.5. The first-order valence-electron chi connectivity index (χ1n) is 17.0. The first kappa shape index (κ1) is 35.3. The minimum Gasteiger partial charge on any atom is -0.477 e. The maximum Gasteiger partial charge on any atom is 0.366 e. The number of aliphatic carboxylic acids is 1. The second-order valence-electron chi connectivity index (χ2n) is 16.9. The van der Waals surface area contributed by atoms with Crippen molar-refractivity contribution < 1.29 is 14.4 Å². The van der Waals surface area contributed by atoms with Gasteiger partial charge in [-0.15, -0.1) is 24.0 Å². The molecule has 4 rings (SSSR count). The number of halogens is 1. The van der Waals surface area contributed by atoms with Crippen molar-refractivity contribution >= 4 is 29.9 Å². The third-order valence-electron chi connectivity index (χ3n) is 13.5. The Labute approximate surface area is 271 Å². The first-order valence-corrected chi connectivity index (χ1v) is 17.0. The molecule has 238 valence electrons. The summed E-state index contributed by atoms with van der Waals surface area (Å²) in [6, 6.07) is 0.241. The number of carboxylic acid groups (broad SMARTS) is 1. The van der Waals surface area contributed by atoms with Gasteiger partial charge in [0.1, 0.15) is 0 Å². The molecule has 10 atom stereocenters. The summed E-state index contributed by atoms with van der Waals surface area (Å²) in [7, 11) is 10.9. The lowest BCUT2D eigenvalue weighted by atomic mass is 9.42. The van der Waals surface area contributed by atoms with Gasteiger partial charge in [0.05, 0.1) is 21.1 Å². The van der Waals surface area contributed by atoms with Gasteiger partial charge in [-0.05, 0) is 93.5 Å². The normalized spacial score (nSPS) is 41.2. The van der Waals surface area contributed by atoms with Crippen LogP contribution in [0.15, 0.2) is 11.6 Å². The summed E-state index contributed by atoms with van der Waals surface area (Å²) in [6.45, 7) is 14.8. The average Bonchev–Trinajstić information content (AvgIpc) is 3.19.